The van der Waals surface area contributed by atoms with Crippen LogP contribution in [0.1, 0.15) is 34.1 Å². The first-order chi connectivity index (χ1) is 8.54. The van der Waals surface area contributed by atoms with Gasteiger partial charge in [-0.1, -0.05) is 27.7 Å². The molecule has 0 spiro atoms. The van der Waals surface area contributed by atoms with Gasteiger partial charge in [0.15, 0.2) is 0 Å². The van der Waals surface area contributed by atoms with E-state index in [1.165, 1.54) is 0 Å². The Morgan fingerprint density at radius 2 is 1.68 bits per heavy atom. The van der Waals surface area contributed by atoms with Gasteiger partial charge < -0.3 is 20.8 Å². The molecule has 0 rings (SSSR count). The number of carboxylic acids is 2. The molecule has 0 aromatic heterocycles. The molecule has 0 heterocycles. The lowest BCUT2D eigenvalue weighted by molar-refractivity contribution is -0.145. The molecule has 110 valence electrons. The van der Waals surface area contributed by atoms with Crippen LogP contribution in [0.15, 0.2) is 0 Å². The molecule has 0 aromatic carbocycles. The molecule has 0 fully saturated rings. The van der Waals surface area contributed by atoms with Gasteiger partial charge in [-0.25, -0.2) is 9.59 Å². The SMILES string of the molecule is CC(CNC(=O)N[C@H](CC(=O)O)C(=O)O)C(C)(C)C. The fourth-order valence-corrected chi connectivity index (χ4v) is 1.14. The number of amides is 2. The largest absolute Gasteiger partial charge is 0.481 e. The topological polar surface area (TPSA) is 116 Å². The van der Waals surface area contributed by atoms with E-state index in [-0.39, 0.29) is 11.3 Å². The highest BCUT2D eigenvalue weighted by Gasteiger charge is 2.24. The van der Waals surface area contributed by atoms with Crippen LogP contribution in [0.4, 0.5) is 4.79 Å². The predicted molar refractivity (Wildman–Crippen MR) is 68.8 cm³/mol. The summed E-state index contributed by atoms with van der Waals surface area (Å²) < 4.78 is 0. The standard InChI is InChI=1S/C12H22N2O5/c1-7(12(2,3)4)6-13-11(19)14-8(10(17)18)5-9(15)16/h7-8H,5-6H2,1-4H3,(H,15,16)(H,17,18)(H2,13,14,19)/t7?,8-/m1/s1. The summed E-state index contributed by atoms with van der Waals surface area (Å²) in [5, 5.41) is 22.0. The maximum absolute atomic E-state index is 11.5. The third-order valence-electron chi connectivity index (χ3n) is 3.03. The molecule has 0 aromatic rings. The van der Waals surface area contributed by atoms with Crippen LogP contribution in [0.2, 0.25) is 0 Å². The van der Waals surface area contributed by atoms with Crippen LogP contribution in [-0.2, 0) is 9.59 Å². The third-order valence-corrected chi connectivity index (χ3v) is 3.03. The van der Waals surface area contributed by atoms with Gasteiger partial charge in [-0.2, -0.15) is 0 Å². The Morgan fingerprint density at radius 3 is 2.05 bits per heavy atom. The number of hydrogen-bond acceptors (Lipinski definition) is 3. The van der Waals surface area contributed by atoms with Crippen molar-refractivity contribution in [3.05, 3.63) is 0 Å². The van der Waals surface area contributed by atoms with Crippen molar-refractivity contribution in [1.29, 1.82) is 0 Å². The highest BCUT2D eigenvalue weighted by atomic mass is 16.4. The smallest absolute Gasteiger partial charge is 0.326 e. The fraction of sp³-hybridized carbons (Fsp3) is 0.750. The fourth-order valence-electron chi connectivity index (χ4n) is 1.14. The molecule has 7 nitrogen and oxygen atoms in total. The lowest BCUT2D eigenvalue weighted by Crippen LogP contribution is -2.48. The number of rotatable bonds is 6. The van der Waals surface area contributed by atoms with E-state index in [0.29, 0.717) is 6.54 Å². The molecule has 1 unspecified atom stereocenters. The second-order valence-corrected chi connectivity index (χ2v) is 5.61. The summed E-state index contributed by atoms with van der Waals surface area (Å²) in [6, 6.07) is -2.10. The van der Waals surface area contributed by atoms with E-state index in [1.807, 2.05) is 27.7 Å². The highest BCUT2D eigenvalue weighted by Crippen LogP contribution is 2.24. The molecule has 0 saturated carbocycles. The first-order valence-corrected chi connectivity index (χ1v) is 6.03. The minimum absolute atomic E-state index is 0.0144. The molecule has 0 saturated heterocycles. The molecule has 19 heavy (non-hydrogen) atoms. The van der Waals surface area contributed by atoms with Gasteiger partial charge in [0.25, 0.3) is 0 Å². The lowest BCUT2D eigenvalue weighted by atomic mass is 9.82. The van der Waals surface area contributed by atoms with E-state index in [2.05, 4.69) is 10.6 Å². The van der Waals surface area contributed by atoms with Crippen molar-refractivity contribution >= 4 is 18.0 Å². The average molecular weight is 274 g/mol. The van der Waals surface area contributed by atoms with Gasteiger partial charge in [-0.15, -0.1) is 0 Å². The normalized spacial score (nSPS) is 14.3. The van der Waals surface area contributed by atoms with Crippen molar-refractivity contribution in [3.8, 4) is 0 Å². The lowest BCUT2D eigenvalue weighted by Gasteiger charge is -2.27. The number of carboxylic acid groups (broad SMARTS) is 2. The van der Waals surface area contributed by atoms with Crippen molar-refractivity contribution in [2.45, 2.75) is 40.2 Å². The van der Waals surface area contributed by atoms with Crippen LogP contribution in [0, 0.1) is 11.3 Å². The number of urea groups is 1. The van der Waals surface area contributed by atoms with E-state index in [1.54, 1.807) is 0 Å². The zero-order valence-corrected chi connectivity index (χ0v) is 11.7. The molecule has 0 bridgehead atoms. The Bertz CT molecular complexity index is 349. The van der Waals surface area contributed by atoms with E-state index >= 15 is 0 Å². The van der Waals surface area contributed by atoms with Crippen LogP contribution in [0.3, 0.4) is 0 Å². The second kappa shape index (κ2) is 6.96. The van der Waals surface area contributed by atoms with Gasteiger partial charge in [0.2, 0.25) is 0 Å². The summed E-state index contributed by atoms with van der Waals surface area (Å²) in [6.07, 6.45) is -0.655. The Labute approximate surface area is 112 Å². The molecular weight excluding hydrogens is 252 g/mol. The van der Waals surface area contributed by atoms with Gasteiger partial charge in [0, 0.05) is 6.54 Å². The number of aliphatic carboxylic acids is 2. The molecule has 2 amide bonds. The zero-order chi connectivity index (χ0) is 15.2. The Balaban J connectivity index is 4.28. The molecule has 2 atom stereocenters. The first kappa shape index (κ1) is 17.2. The first-order valence-electron chi connectivity index (χ1n) is 6.03. The minimum Gasteiger partial charge on any atom is -0.481 e. The van der Waals surface area contributed by atoms with Crippen molar-refractivity contribution in [2.24, 2.45) is 11.3 Å². The van der Waals surface area contributed by atoms with Crippen molar-refractivity contribution in [1.82, 2.24) is 10.6 Å². The molecule has 0 aliphatic heterocycles. The van der Waals surface area contributed by atoms with E-state index in [0.717, 1.165) is 0 Å². The molecule has 4 N–H and O–H groups in total. The van der Waals surface area contributed by atoms with Crippen molar-refractivity contribution < 1.29 is 24.6 Å². The van der Waals surface area contributed by atoms with Crippen molar-refractivity contribution in [3.63, 3.8) is 0 Å². The zero-order valence-electron chi connectivity index (χ0n) is 11.7. The van der Waals surface area contributed by atoms with Gasteiger partial charge in [0.05, 0.1) is 6.42 Å². The van der Waals surface area contributed by atoms with Gasteiger partial charge >= 0.3 is 18.0 Å². The minimum atomic E-state index is -1.43. The van der Waals surface area contributed by atoms with Crippen LogP contribution in [-0.4, -0.2) is 40.8 Å². The quantitative estimate of drug-likeness (QED) is 0.574. The summed E-state index contributed by atoms with van der Waals surface area (Å²) >= 11 is 0. The van der Waals surface area contributed by atoms with Crippen LogP contribution < -0.4 is 10.6 Å². The van der Waals surface area contributed by atoms with Gasteiger partial charge in [-0.05, 0) is 11.3 Å². The molecule has 0 aliphatic carbocycles. The third kappa shape index (κ3) is 7.28. The van der Waals surface area contributed by atoms with E-state index in [9.17, 15) is 14.4 Å². The van der Waals surface area contributed by atoms with Crippen LogP contribution in [0.25, 0.3) is 0 Å². The number of hydrogen-bond donors (Lipinski definition) is 4. The Kier molecular flexibility index (Phi) is 6.31. The van der Waals surface area contributed by atoms with E-state index in [4.69, 9.17) is 10.2 Å². The van der Waals surface area contributed by atoms with Crippen LogP contribution >= 0.6 is 0 Å². The number of nitrogens with one attached hydrogen (secondary N) is 2. The molecular formula is C12H22N2O5. The summed E-state index contributed by atoms with van der Waals surface area (Å²) in [7, 11) is 0. The maximum Gasteiger partial charge on any atom is 0.326 e. The van der Waals surface area contributed by atoms with Gasteiger partial charge in [0.1, 0.15) is 6.04 Å². The van der Waals surface area contributed by atoms with Crippen molar-refractivity contribution in [2.75, 3.05) is 6.54 Å². The molecule has 0 radical (unpaired) electrons. The summed E-state index contributed by atoms with van der Waals surface area (Å²) in [6.45, 7) is 8.44. The van der Waals surface area contributed by atoms with Crippen LogP contribution in [0.5, 0.6) is 0 Å². The molecule has 0 aliphatic rings. The Hall–Kier alpha value is -1.79. The highest BCUT2D eigenvalue weighted by molar-refractivity contribution is 5.86. The number of carbonyl (C=O) groups is 3. The summed E-state index contributed by atoms with van der Waals surface area (Å²) in [4.78, 5) is 32.7. The maximum atomic E-state index is 11.5. The Morgan fingerprint density at radius 1 is 1.16 bits per heavy atom. The average Bonchev–Trinajstić information content (AvgIpc) is 2.22. The summed E-state index contributed by atoms with van der Waals surface area (Å²) in [5.74, 6) is -2.46. The number of carbonyl (C=O) groups excluding carboxylic acids is 1. The second-order valence-electron chi connectivity index (χ2n) is 5.61. The predicted octanol–water partition coefficient (Wildman–Crippen LogP) is 0.896. The van der Waals surface area contributed by atoms with E-state index < -0.39 is 30.4 Å². The van der Waals surface area contributed by atoms with Gasteiger partial charge in [-0.3, -0.25) is 4.79 Å². The monoisotopic (exact) mass is 274 g/mol. The summed E-state index contributed by atoms with van der Waals surface area (Å²) in [5.41, 5.74) is 0.0144. The molecule has 7 heteroatoms.